The molecule has 3 rings (SSSR count). The Balaban J connectivity index is 1.75. The third-order valence-electron chi connectivity index (χ3n) is 6.48. The number of hydrogen-bond acceptors (Lipinski definition) is 5. The van der Waals surface area contributed by atoms with Gasteiger partial charge in [-0.25, -0.2) is 12.8 Å². The van der Waals surface area contributed by atoms with Gasteiger partial charge < -0.3 is 14.4 Å². The van der Waals surface area contributed by atoms with Crippen molar-refractivity contribution in [2.75, 3.05) is 5.75 Å². The second kappa shape index (κ2) is 7.08. The molecule has 2 aliphatic rings. The summed E-state index contributed by atoms with van der Waals surface area (Å²) in [5.41, 5.74) is -1.71. The van der Waals surface area contributed by atoms with Crippen LogP contribution < -0.4 is 5.46 Å². The number of benzene rings is 1. The van der Waals surface area contributed by atoms with Crippen LogP contribution in [0.3, 0.4) is 0 Å². The third kappa shape index (κ3) is 4.30. The molecule has 2 fully saturated rings. The molecule has 0 bridgehead atoms. The molecule has 28 heavy (non-hydrogen) atoms. The highest BCUT2D eigenvalue weighted by Gasteiger charge is 2.52. The van der Waals surface area contributed by atoms with Gasteiger partial charge in [-0.15, -0.1) is 0 Å². The summed E-state index contributed by atoms with van der Waals surface area (Å²) >= 11 is 0. The topological polar surface area (TPSA) is 72.8 Å². The van der Waals surface area contributed by atoms with Crippen molar-refractivity contribution in [3.8, 4) is 0 Å². The number of halogens is 1. The summed E-state index contributed by atoms with van der Waals surface area (Å²) in [4.78, 5) is -0.0254. The maximum absolute atomic E-state index is 14.8. The molecule has 1 heterocycles. The highest BCUT2D eigenvalue weighted by atomic mass is 32.2. The summed E-state index contributed by atoms with van der Waals surface area (Å²) in [7, 11) is -4.48. The lowest BCUT2D eigenvalue weighted by Crippen LogP contribution is -2.41. The van der Waals surface area contributed by atoms with Crippen molar-refractivity contribution in [1.82, 2.24) is 0 Å². The average molecular weight is 412 g/mol. The van der Waals surface area contributed by atoms with Gasteiger partial charge in [0.05, 0.1) is 27.5 Å². The van der Waals surface area contributed by atoms with Gasteiger partial charge in [0.2, 0.25) is 0 Å². The Morgan fingerprint density at radius 3 is 2.14 bits per heavy atom. The summed E-state index contributed by atoms with van der Waals surface area (Å²) in [5, 5.41) is 10.0. The second-order valence-corrected chi connectivity index (χ2v) is 11.5. The average Bonchev–Trinajstić information content (AvgIpc) is 2.77. The van der Waals surface area contributed by atoms with E-state index in [1.165, 1.54) is 12.1 Å². The lowest BCUT2D eigenvalue weighted by Gasteiger charge is -2.32. The molecule has 8 heteroatoms. The van der Waals surface area contributed by atoms with Gasteiger partial charge in [-0.2, -0.15) is 0 Å². The largest absolute Gasteiger partial charge is 0.497 e. The van der Waals surface area contributed by atoms with Crippen molar-refractivity contribution in [2.24, 2.45) is 5.92 Å². The highest BCUT2D eigenvalue weighted by molar-refractivity contribution is 7.91. The zero-order chi connectivity index (χ0) is 21.0. The van der Waals surface area contributed by atoms with Crippen LogP contribution in [0.5, 0.6) is 0 Å². The molecule has 156 valence electrons. The minimum atomic E-state index is -3.61. The first-order valence-electron chi connectivity index (χ1n) is 9.83. The molecular weight excluding hydrogens is 382 g/mol. The number of aliphatic hydroxyl groups is 1. The van der Waals surface area contributed by atoms with Crippen LogP contribution >= 0.6 is 0 Å². The molecule has 1 aromatic carbocycles. The molecule has 1 aliphatic carbocycles. The predicted octanol–water partition coefficient (Wildman–Crippen LogP) is 2.84. The fourth-order valence-corrected chi connectivity index (χ4v) is 5.44. The fraction of sp³-hybridized carbons (Fsp3) is 0.700. The molecule has 1 aromatic rings. The van der Waals surface area contributed by atoms with Crippen molar-refractivity contribution < 1.29 is 27.2 Å². The van der Waals surface area contributed by atoms with E-state index in [1.54, 1.807) is 6.92 Å². The molecule has 0 atom stereocenters. The number of hydrogen-bond donors (Lipinski definition) is 1. The van der Waals surface area contributed by atoms with Crippen LogP contribution in [0, 0.1) is 11.7 Å². The van der Waals surface area contributed by atoms with Gasteiger partial charge in [-0.1, -0.05) is 6.07 Å². The molecule has 0 amide bonds. The quantitative estimate of drug-likeness (QED) is 0.770. The van der Waals surface area contributed by atoms with Crippen molar-refractivity contribution in [3.05, 3.63) is 24.0 Å². The fourth-order valence-electron chi connectivity index (χ4n) is 3.74. The van der Waals surface area contributed by atoms with Gasteiger partial charge in [0.15, 0.2) is 9.84 Å². The van der Waals surface area contributed by atoms with E-state index in [2.05, 4.69) is 0 Å². The van der Waals surface area contributed by atoms with Crippen LogP contribution in [0.4, 0.5) is 4.39 Å². The maximum atomic E-state index is 14.8. The van der Waals surface area contributed by atoms with Crippen LogP contribution in [0.1, 0.15) is 60.3 Å². The Morgan fingerprint density at radius 1 is 1.11 bits per heavy atom. The van der Waals surface area contributed by atoms with E-state index >= 15 is 0 Å². The number of sulfone groups is 1. The van der Waals surface area contributed by atoms with Crippen LogP contribution in [-0.2, 0) is 19.1 Å². The van der Waals surface area contributed by atoms with E-state index in [4.69, 9.17) is 9.31 Å². The summed E-state index contributed by atoms with van der Waals surface area (Å²) in [5.74, 6) is -0.694. The van der Waals surface area contributed by atoms with Gasteiger partial charge in [-0.3, -0.25) is 0 Å². The highest BCUT2D eigenvalue weighted by Crippen LogP contribution is 2.37. The van der Waals surface area contributed by atoms with Crippen molar-refractivity contribution in [3.63, 3.8) is 0 Å². The zero-order valence-corrected chi connectivity index (χ0v) is 18.1. The first-order chi connectivity index (χ1) is 12.7. The molecule has 0 aromatic heterocycles. The first kappa shape index (κ1) is 21.7. The van der Waals surface area contributed by atoms with Crippen LogP contribution in [0.15, 0.2) is 23.1 Å². The lowest BCUT2D eigenvalue weighted by molar-refractivity contribution is 0.00578. The predicted molar refractivity (Wildman–Crippen MR) is 107 cm³/mol. The summed E-state index contributed by atoms with van der Waals surface area (Å²) in [6.45, 7) is 9.30. The van der Waals surface area contributed by atoms with E-state index < -0.39 is 39.6 Å². The molecule has 1 saturated carbocycles. The van der Waals surface area contributed by atoms with E-state index in [9.17, 15) is 17.9 Å². The van der Waals surface area contributed by atoms with Crippen LogP contribution in [0.25, 0.3) is 0 Å². The number of rotatable bonds is 4. The molecule has 0 spiro atoms. The van der Waals surface area contributed by atoms with E-state index in [-0.39, 0.29) is 22.0 Å². The standard InChI is InChI=1S/C20H30BFO5S/c1-18(2)19(3,4)27-21(26-18)16-7-6-15(12-17(16)22)28(24,25)13-14-8-10-20(5,23)11-9-14/h6-7,12,14,23H,8-11,13H2,1-5H3/t14-,20+. The molecule has 1 N–H and O–H groups in total. The van der Waals surface area contributed by atoms with Crippen LogP contribution in [0.2, 0.25) is 0 Å². The Hall–Kier alpha value is -0.955. The Morgan fingerprint density at radius 2 is 1.64 bits per heavy atom. The molecule has 0 unspecified atom stereocenters. The van der Waals surface area contributed by atoms with Gasteiger partial charge in [-0.05, 0) is 78.4 Å². The third-order valence-corrected chi connectivity index (χ3v) is 8.36. The smallest absolute Gasteiger partial charge is 0.399 e. The Labute approximate surface area is 167 Å². The Kier molecular flexibility index (Phi) is 5.50. The van der Waals surface area contributed by atoms with E-state index in [0.717, 1.165) is 6.07 Å². The molecule has 1 aliphatic heterocycles. The van der Waals surface area contributed by atoms with Gasteiger partial charge in [0.1, 0.15) is 5.82 Å². The van der Waals surface area contributed by atoms with Crippen molar-refractivity contribution in [1.29, 1.82) is 0 Å². The summed E-state index contributed by atoms with van der Waals surface area (Å²) in [6.07, 6.45) is 2.48. The monoisotopic (exact) mass is 412 g/mol. The first-order valence-corrected chi connectivity index (χ1v) is 11.5. The molecule has 5 nitrogen and oxygen atoms in total. The van der Waals surface area contributed by atoms with Crippen molar-refractivity contribution in [2.45, 2.75) is 82.0 Å². The van der Waals surface area contributed by atoms with Gasteiger partial charge >= 0.3 is 7.12 Å². The van der Waals surface area contributed by atoms with E-state index in [1.807, 2.05) is 27.7 Å². The Bertz CT molecular complexity index is 824. The second-order valence-electron chi connectivity index (χ2n) is 9.49. The zero-order valence-electron chi connectivity index (χ0n) is 17.3. The lowest BCUT2D eigenvalue weighted by atomic mass is 9.79. The molecule has 1 saturated heterocycles. The normalized spacial score (nSPS) is 29.8. The minimum absolute atomic E-state index is 0.0175. The van der Waals surface area contributed by atoms with E-state index in [0.29, 0.717) is 25.7 Å². The van der Waals surface area contributed by atoms with Crippen LogP contribution in [-0.4, -0.2) is 43.2 Å². The summed E-state index contributed by atoms with van der Waals surface area (Å²) < 4.78 is 52.0. The van der Waals surface area contributed by atoms with Crippen molar-refractivity contribution >= 4 is 22.4 Å². The summed E-state index contributed by atoms with van der Waals surface area (Å²) in [6, 6.07) is 3.93. The maximum Gasteiger partial charge on any atom is 0.497 e. The molecular formula is C20H30BFO5S. The molecule has 0 radical (unpaired) electrons. The van der Waals surface area contributed by atoms with Gasteiger partial charge in [0, 0.05) is 5.46 Å². The van der Waals surface area contributed by atoms with Gasteiger partial charge in [0.25, 0.3) is 0 Å². The minimum Gasteiger partial charge on any atom is -0.399 e. The SMILES string of the molecule is CC1(C)OB(c2ccc(S(=O)(=O)C[C@H]3CC[C@@](C)(O)CC3)cc2F)OC1(C)C.